The van der Waals surface area contributed by atoms with E-state index in [0.29, 0.717) is 0 Å². The van der Waals surface area contributed by atoms with Crippen LogP contribution in [0.2, 0.25) is 0 Å². The van der Waals surface area contributed by atoms with Gasteiger partial charge in [0.05, 0.1) is 12.0 Å². The molecule has 0 fully saturated rings. The maximum absolute atomic E-state index is 9.99. The van der Waals surface area contributed by atoms with Gasteiger partial charge in [0.2, 0.25) is 0 Å². The van der Waals surface area contributed by atoms with Crippen LogP contribution < -0.4 is 0 Å². The zero-order valence-corrected chi connectivity index (χ0v) is 6.68. The summed E-state index contributed by atoms with van der Waals surface area (Å²) in [6, 6.07) is 0. The molecule has 0 aliphatic carbocycles. The summed E-state index contributed by atoms with van der Waals surface area (Å²) in [6.45, 7) is 1.47. The van der Waals surface area contributed by atoms with Gasteiger partial charge < -0.3 is 10.2 Å². The van der Waals surface area contributed by atoms with Crippen LogP contribution in [0.5, 0.6) is 0 Å². The minimum absolute atomic E-state index is 0.224. The van der Waals surface area contributed by atoms with Gasteiger partial charge in [0.1, 0.15) is 0 Å². The standard InChI is InChI=1S/C5H9BrO3/c1-5(9,3-6)2-4(7)8/h9H,2-3H2,1H3,(H,7,8). The number of carbonyl (C=O) groups is 1. The number of carboxylic acids is 1. The molecule has 0 heterocycles. The van der Waals surface area contributed by atoms with Gasteiger partial charge in [-0.1, -0.05) is 15.9 Å². The van der Waals surface area contributed by atoms with Crippen molar-refractivity contribution in [3.05, 3.63) is 0 Å². The van der Waals surface area contributed by atoms with E-state index in [2.05, 4.69) is 15.9 Å². The fraction of sp³-hybridized carbons (Fsp3) is 0.800. The number of aliphatic carboxylic acids is 1. The molecule has 0 rings (SSSR count). The summed E-state index contributed by atoms with van der Waals surface area (Å²) in [7, 11) is 0. The molecule has 54 valence electrons. The van der Waals surface area contributed by atoms with Crippen LogP contribution in [-0.4, -0.2) is 27.1 Å². The molecule has 0 aliphatic heterocycles. The molecule has 4 heteroatoms. The topological polar surface area (TPSA) is 57.5 Å². The van der Waals surface area contributed by atoms with Gasteiger partial charge in [-0.2, -0.15) is 0 Å². The van der Waals surface area contributed by atoms with Gasteiger partial charge in [0.15, 0.2) is 0 Å². The van der Waals surface area contributed by atoms with E-state index >= 15 is 0 Å². The van der Waals surface area contributed by atoms with E-state index < -0.39 is 11.6 Å². The first-order chi connectivity index (χ1) is 3.98. The summed E-state index contributed by atoms with van der Waals surface area (Å²) in [4.78, 5) is 9.99. The van der Waals surface area contributed by atoms with E-state index in [9.17, 15) is 4.79 Å². The number of alkyl halides is 1. The summed E-state index contributed by atoms with van der Waals surface area (Å²) in [5.74, 6) is -0.987. The number of carboxylic acid groups (broad SMARTS) is 1. The molecule has 0 saturated heterocycles. The van der Waals surface area contributed by atoms with Crippen LogP contribution in [0, 0.1) is 0 Å². The number of aliphatic hydroxyl groups is 1. The van der Waals surface area contributed by atoms with Crippen molar-refractivity contribution < 1.29 is 15.0 Å². The second-order valence-electron chi connectivity index (χ2n) is 2.20. The number of hydrogen-bond donors (Lipinski definition) is 2. The van der Waals surface area contributed by atoms with Crippen LogP contribution >= 0.6 is 15.9 Å². The van der Waals surface area contributed by atoms with Gasteiger partial charge in [-0.3, -0.25) is 4.79 Å². The third-order valence-electron chi connectivity index (χ3n) is 0.820. The first kappa shape index (κ1) is 8.91. The van der Waals surface area contributed by atoms with Crippen LogP contribution in [0.1, 0.15) is 13.3 Å². The van der Waals surface area contributed by atoms with Crippen molar-refractivity contribution in [2.45, 2.75) is 18.9 Å². The summed E-state index contributed by atoms with van der Waals surface area (Å²) < 4.78 is 0. The van der Waals surface area contributed by atoms with Crippen LogP contribution in [0.15, 0.2) is 0 Å². The minimum Gasteiger partial charge on any atom is -0.481 e. The quantitative estimate of drug-likeness (QED) is 0.651. The van der Waals surface area contributed by atoms with Crippen molar-refractivity contribution >= 4 is 21.9 Å². The van der Waals surface area contributed by atoms with E-state index in [4.69, 9.17) is 10.2 Å². The molecule has 0 spiro atoms. The van der Waals surface area contributed by atoms with E-state index in [1.54, 1.807) is 0 Å². The third kappa shape index (κ3) is 4.42. The second kappa shape index (κ2) is 3.17. The molecule has 3 nitrogen and oxygen atoms in total. The maximum Gasteiger partial charge on any atom is 0.306 e. The Morgan fingerprint density at radius 3 is 2.33 bits per heavy atom. The van der Waals surface area contributed by atoms with Crippen LogP contribution in [0.4, 0.5) is 0 Å². The summed E-state index contributed by atoms with van der Waals surface area (Å²) in [6.07, 6.45) is -0.224. The van der Waals surface area contributed by atoms with Gasteiger partial charge in [0, 0.05) is 5.33 Å². The minimum atomic E-state index is -1.12. The molecule has 2 N–H and O–H groups in total. The van der Waals surface area contributed by atoms with E-state index in [1.807, 2.05) is 0 Å². The highest BCUT2D eigenvalue weighted by Crippen LogP contribution is 2.11. The molecule has 0 saturated carbocycles. The second-order valence-corrected chi connectivity index (χ2v) is 2.76. The molecular weight excluding hydrogens is 188 g/mol. The largest absolute Gasteiger partial charge is 0.481 e. The third-order valence-corrected chi connectivity index (χ3v) is 2.03. The summed E-state index contributed by atoms with van der Waals surface area (Å²) in [5.41, 5.74) is -1.12. The number of halogens is 1. The molecule has 0 aromatic heterocycles. The first-order valence-electron chi connectivity index (χ1n) is 2.48. The van der Waals surface area contributed by atoms with Crippen molar-refractivity contribution in [3.8, 4) is 0 Å². The molecule has 0 radical (unpaired) electrons. The molecular formula is C5H9BrO3. The lowest BCUT2D eigenvalue weighted by atomic mass is 10.1. The average molecular weight is 197 g/mol. The summed E-state index contributed by atoms with van der Waals surface area (Å²) >= 11 is 2.99. The maximum atomic E-state index is 9.99. The van der Waals surface area contributed by atoms with Crippen molar-refractivity contribution in [1.29, 1.82) is 0 Å². The van der Waals surface area contributed by atoms with E-state index in [0.717, 1.165) is 0 Å². The van der Waals surface area contributed by atoms with Gasteiger partial charge in [0.25, 0.3) is 0 Å². The molecule has 9 heavy (non-hydrogen) atoms. The Balaban J connectivity index is 3.71. The zero-order chi connectivity index (χ0) is 7.49. The van der Waals surface area contributed by atoms with Gasteiger partial charge in [-0.25, -0.2) is 0 Å². The molecule has 0 aromatic carbocycles. The molecule has 1 atom stereocenters. The fourth-order valence-electron chi connectivity index (χ4n) is 0.373. The average Bonchev–Trinajstić information content (AvgIpc) is 1.63. The molecule has 0 bridgehead atoms. The lowest BCUT2D eigenvalue weighted by Crippen LogP contribution is -2.29. The van der Waals surface area contributed by atoms with Gasteiger partial charge in [-0.15, -0.1) is 0 Å². The SMILES string of the molecule is CC(O)(CBr)CC(=O)O. The fourth-order valence-corrected chi connectivity index (χ4v) is 0.571. The van der Waals surface area contributed by atoms with Gasteiger partial charge in [-0.05, 0) is 6.92 Å². The zero-order valence-electron chi connectivity index (χ0n) is 5.09. The Bertz CT molecular complexity index is 111. The highest BCUT2D eigenvalue weighted by molar-refractivity contribution is 9.09. The Morgan fingerprint density at radius 2 is 2.22 bits per heavy atom. The summed E-state index contributed by atoms with van der Waals surface area (Å²) in [5, 5.41) is 17.5. The molecule has 0 amide bonds. The highest BCUT2D eigenvalue weighted by atomic mass is 79.9. The molecule has 1 unspecified atom stereocenters. The van der Waals surface area contributed by atoms with Crippen molar-refractivity contribution in [2.75, 3.05) is 5.33 Å². The Morgan fingerprint density at radius 1 is 1.78 bits per heavy atom. The molecule has 0 aromatic rings. The van der Waals surface area contributed by atoms with Crippen molar-refractivity contribution in [2.24, 2.45) is 0 Å². The number of rotatable bonds is 3. The Hall–Kier alpha value is -0.0900. The van der Waals surface area contributed by atoms with Crippen molar-refractivity contribution in [1.82, 2.24) is 0 Å². The lowest BCUT2D eigenvalue weighted by molar-refractivity contribution is -0.141. The predicted molar refractivity (Wildman–Crippen MR) is 36.7 cm³/mol. The number of hydrogen-bond acceptors (Lipinski definition) is 2. The van der Waals surface area contributed by atoms with E-state index in [1.165, 1.54) is 6.92 Å². The first-order valence-corrected chi connectivity index (χ1v) is 3.60. The smallest absolute Gasteiger partial charge is 0.306 e. The monoisotopic (exact) mass is 196 g/mol. The van der Waals surface area contributed by atoms with Crippen LogP contribution in [0.3, 0.4) is 0 Å². The van der Waals surface area contributed by atoms with E-state index in [-0.39, 0.29) is 11.8 Å². The lowest BCUT2D eigenvalue weighted by Gasteiger charge is -2.16. The Labute approximate surface area is 61.8 Å². The normalized spacial score (nSPS) is 16.8. The van der Waals surface area contributed by atoms with Crippen LogP contribution in [-0.2, 0) is 4.79 Å². The highest BCUT2D eigenvalue weighted by Gasteiger charge is 2.21. The Kier molecular flexibility index (Phi) is 3.14. The van der Waals surface area contributed by atoms with Crippen molar-refractivity contribution in [3.63, 3.8) is 0 Å². The predicted octanol–water partition coefficient (Wildman–Crippen LogP) is 0.607. The van der Waals surface area contributed by atoms with Crippen LogP contribution in [0.25, 0.3) is 0 Å². The van der Waals surface area contributed by atoms with Gasteiger partial charge >= 0.3 is 5.97 Å². The molecule has 0 aliphatic rings.